The number of likely N-dealkylation sites (N-methyl/N-ethyl adjacent to an activating group) is 1. The van der Waals surface area contributed by atoms with Gasteiger partial charge >= 0.3 is 0 Å². The van der Waals surface area contributed by atoms with Gasteiger partial charge in [-0.15, -0.1) is 0 Å². The van der Waals surface area contributed by atoms with Gasteiger partial charge in [0.05, 0.1) is 10.9 Å². The minimum atomic E-state index is -4.13. The average molecular weight is 215 g/mol. The molecule has 1 atom stereocenters. The summed E-state index contributed by atoms with van der Waals surface area (Å²) in [7, 11) is -2.49. The van der Waals surface area contributed by atoms with E-state index in [-0.39, 0.29) is 4.91 Å². The van der Waals surface area contributed by atoms with Gasteiger partial charge in [0.25, 0.3) is 10.1 Å². The lowest BCUT2D eigenvalue weighted by Gasteiger charge is -2.12. The molecule has 0 fully saturated rings. The molecule has 1 unspecified atom stereocenters. The summed E-state index contributed by atoms with van der Waals surface area (Å²) in [6.07, 6.45) is 6.52. The van der Waals surface area contributed by atoms with E-state index in [1.807, 2.05) is 6.92 Å². The van der Waals surface area contributed by atoms with Crippen molar-refractivity contribution in [2.24, 2.45) is 0 Å². The third-order valence-corrected chi connectivity index (χ3v) is 2.95. The highest BCUT2D eigenvalue weighted by atomic mass is 32.2. The highest BCUT2D eigenvalue weighted by molar-refractivity contribution is 7.89. The summed E-state index contributed by atoms with van der Waals surface area (Å²) in [5.74, 6) is 0. The molecule has 4 nitrogen and oxygen atoms in total. The maximum absolute atomic E-state index is 11.0. The molecule has 5 heteroatoms. The topological polar surface area (TPSA) is 66.4 Å². The predicted molar refractivity (Wildman–Crippen MR) is 55.4 cm³/mol. The molecular formula is C9H13NO3S. The molecule has 0 saturated carbocycles. The van der Waals surface area contributed by atoms with Gasteiger partial charge < -0.3 is 5.32 Å². The minimum absolute atomic E-state index is 0.0342. The normalized spacial score (nSPS) is 22.6. The first kappa shape index (κ1) is 11.2. The van der Waals surface area contributed by atoms with Crippen LogP contribution in [0.2, 0.25) is 0 Å². The average Bonchev–Trinajstić information content (AvgIpc) is 2.25. The van der Waals surface area contributed by atoms with E-state index in [1.165, 1.54) is 6.08 Å². The molecule has 0 bridgehead atoms. The third kappa shape index (κ3) is 2.54. The van der Waals surface area contributed by atoms with Crippen molar-refractivity contribution in [3.63, 3.8) is 0 Å². The minimum Gasteiger partial charge on any atom is -0.309 e. The summed E-state index contributed by atoms with van der Waals surface area (Å²) >= 11 is 0. The van der Waals surface area contributed by atoms with E-state index in [2.05, 4.69) is 5.32 Å². The highest BCUT2D eigenvalue weighted by Gasteiger charge is 2.21. The van der Waals surface area contributed by atoms with Gasteiger partial charge in [-0.1, -0.05) is 23.8 Å². The van der Waals surface area contributed by atoms with Crippen LogP contribution in [0.3, 0.4) is 0 Å². The molecule has 0 spiro atoms. The molecule has 14 heavy (non-hydrogen) atoms. The Balaban J connectivity index is 3.18. The van der Waals surface area contributed by atoms with Crippen molar-refractivity contribution >= 4 is 10.1 Å². The maximum atomic E-state index is 11.0. The van der Waals surface area contributed by atoms with Gasteiger partial charge in [-0.2, -0.15) is 8.42 Å². The molecule has 0 aromatic rings. The van der Waals surface area contributed by atoms with Crippen LogP contribution in [-0.4, -0.2) is 26.1 Å². The first-order valence-corrected chi connectivity index (χ1v) is 5.60. The summed E-state index contributed by atoms with van der Waals surface area (Å²) < 4.78 is 31.0. The van der Waals surface area contributed by atoms with Crippen LogP contribution in [0, 0.1) is 0 Å². The second-order valence-corrected chi connectivity index (χ2v) is 4.50. The number of hydrogen-bond acceptors (Lipinski definition) is 3. The molecule has 0 heterocycles. The zero-order valence-corrected chi connectivity index (χ0v) is 8.88. The zero-order chi connectivity index (χ0) is 10.8. The fourth-order valence-electron chi connectivity index (χ4n) is 1.27. The van der Waals surface area contributed by atoms with E-state index in [0.29, 0.717) is 0 Å². The largest absolute Gasteiger partial charge is 0.309 e. The van der Waals surface area contributed by atoms with E-state index >= 15 is 0 Å². The van der Waals surface area contributed by atoms with Gasteiger partial charge in [0.1, 0.15) is 0 Å². The molecule has 1 rings (SSSR count). The summed E-state index contributed by atoms with van der Waals surface area (Å²) in [5, 5.41) is 2.81. The second kappa shape index (κ2) is 4.08. The molecule has 0 radical (unpaired) electrons. The molecule has 0 aromatic carbocycles. The van der Waals surface area contributed by atoms with E-state index in [4.69, 9.17) is 4.55 Å². The Morgan fingerprint density at radius 2 is 2.14 bits per heavy atom. The standard InChI is InChI=1S/C9H13NO3S/c1-7-4-3-5-9(14(11,12)13)8(6-7)10-2/h3-6,8,10H,1-2H3,(H,11,12,13). The van der Waals surface area contributed by atoms with E-state index in [1.54, 1.807) is 25.3 Å². The maximum Gasteiger partial charge on any atom is 0.292 e. The quantitative estimate of drug-likeness (QED) is 0.670. The van der Waals surface area contributed by atoms with Gasteiger partial charge in [-0.3, -0.25) is 4.55 Å². The Morgan fingerprint density at radius 3 is 2.64 bits per heavy atom. The molecule has 78 valence electrons. The molecule has 1 aliphatic carbocycles. The van der Waals surface area contributed by atoms with Crippen LogP contribution in [0.25, 0.3) is 0 Å². The van der Waals surface area contributed by atoms with E-state index < -0.39 is 16.2 Å². The number of nitrogens with one attached hydrogen (secondary N) is 1. The smallest absolute Gasteiger partial charge is 0.292 e. The van der Waals surface area contributed by atoms with Crippen LogP contribution < -0.4 is 5.32 Å². The predicted octanol–water partition coefficient (Wildman–Crippen LogP) is 0.862. The lowest BCUT2D eigenvalue weighted by Crippen LogP contribution is -2.29. The lowest BCUT2D eigenvalue weighted by atomic mass is 10.2. The zero-order valence-electron chi connectivity index (χ0n) is 8.06. The number of allylic oxidation sites excluding steroid dienone is 4. The number of rotatable bonds is 2. The fourth-order valence-corrected chi connectivity index (χ4v) is 2.03. The number of hydrogen-bond donors (Lipinski definition) is 2. The molecule has 0 aromatic heterocycles. The van der Waals surface area contributed by atoms with Crippen molar-refractivity contribution < 1.29 is 13.0 Å². The molecule has 0 amide bonds. The van der Waals surface area contributed by atoms with Crippen LogP contribution in [0.15, 0.2) is 34.8 Å². The molecule has 2 N–H and O–H groups in total. The Hall–Kier alpha value is -0.910. The van der Waals surface area contributed by atoms with Crippen molar-refractivity contribution in [2.45, 2.75) is 13.0 Å². The van der Waals surface area contributed by atoms with E-state index in [9.17, 15) is 8.42 Å². The first-order valence-electron chi connectivity index (χ1n) is 4.16. The summed E-state index contributed by atoms with van der Waals surface area (Å²) in [4.78, 5) is -0.0342. The third-order valence-electron chi connectivity index (χ3n) is 1.96. The fraction of sp³-hybridized carbons (Fsp3) is 0.333. The second-order valence-electron chi connectivity index (χ2n) is 3.08. The highest BCUT2D eigenvalue weighted by Crippen LogP contribution is 2.16. The summed E-state index contributed by atoms with van der Waals surface area (Å²) in [5.41, 5.74) is 0.944. The van der Waals surface area contributed by atoms with Gasteiger partial charge in [0.15, 0.2) is 0 Å². The van der Waals surface area contributed by atoms with Gasteiger partial charge in [0, 0.05) is 0 Å². The summed E-state index contributed by atoms with van der Waals surface area (Å²) in [6.45, 7) is 1.86. The van der Waals surface area contributed by atoms with Crippen molar-refractivity contribution in [1.29, 1.82) is 0 Å². The van der Waals surface area contributed by atoms with Crippen molar-refractivity contribution in [3.05, 3.63) is 34.8 Å². The van der Waals surface area contributed by atoms with Crippen LogP contribution in [0.1, 0.15) is 6.92 Å². The first-order chi connectivity index (χ1) is 6.45. The van der Waals surface area contributed by atoms with Gasteiger partial charge in [-0.25, -0.2) is 0 Å². The molecule has 1 aliphatic rings. The van der Waals surface area contributed by atoms with Gasteiger partial charge in [-0.05, 0) is 20.0 Å². The van der Waals surface area contributed by atoms with Crippen LogP contribution in [0.4, 0.5) is 0 Å². The van der Waals surface area contributed by atoms with Crippen LogP contribution >= 0.6 is 0 Å². The summed E-state index contributed by atoms with van der Waals surface area (Å²) in [6, 6.07) is -0.472. The van der Waals surface area contributed by atoms with Gasteiger partial charge in [0.2, 0.25) is 0 Å². The van der Waals surface area contributed by atoms with Crippen LogP contribution in [0.5, 0.6) is 0 Å². The SMILES string of the molecule is CNC1C=C(C)C=CC=C1S(=O)(=O)O. The molecular weight excluding hydrogens is 202 g/mol. The Kier molecular flexibility index (Phi) is 3.25. The Bertz CT molecular complexity index is 404. The van der Waals surface area contributed by atoms with Crippen molar-refractivity contribution in [3.8, 4) is 0 Å². The van der Waals surface area contributed by atoms with Crippen molar-refractivity contribution in [2.75, 3.05) is 7.05 Å². The van der Waals surface area contributed by atoms with E-state index in [0.717, 1.165) is 5.57 Å². The monoisotopic (exact) mass is 215 g/mol. The van der Waals surface area contributed by atoms with Crippen molar-refractivity contribution in [1.82, 2.24) is 5.32 Å². The Labute approximate surface area is 83.8 Å². The lowest BCUT2D eigenvalue weighted by molar-refractivity contribution is 0.487. The molecule has 0 aliphatic heterocycles. The molecule has 0 saturated heterocycles. The van der Waals surface area contributed by atoms with Crippen LogP contribution in [-0.2, 0) is 10.1 Å². The Morgan fingerprint density at radius 1 is 1.50 bits per heavy atom.